The summed E-state index contributed by atoms with van der Waals surface area (Å²) in [5.74, 6) is 1.25. The van der Waals surface area contributed by atoms with Gasteiger partial charge in [-0.15, -0.1) is 0 Å². The van der Waals surface area contributed by atoms with Gasteiger partial charge in [0.25, 0.3) is 0 Å². The standard InChI is InChI=1S/C22H22N8O3S/c1-34(31,32)13-14-6-15(9-24-8-14)16-7-18-19(25-10-16)21(30-2-4-33-5-3-30)29-20(28-18)17-11-26-22(23)27-12-17/h6-12H,2-5,13H2,1H3,(H2,23,26,27). The predicted octanol–water partition coefficient (Wildman–Crippen LogP) is 1.51. The molecular weight excluding hydrogens is 456 g/mol. The maximum Gasteiger partial charge on any atom is 0.219 e. The van der Waals surface area contributed by atoms with Gasteiger partial charge in [-0.05, 0) is 17.7 Å². The van der Waals surface area contributed by atoms with Gasteiger partial charge < -0.3 is 15.4 Å². The number of ether oxygens (including phenoxy) is 1. The Bertz CT molecular complexity index is 1460. The number of rotatable bonds is 5. The minimum absolute atomic E-state index is 0.0838. The predicted molar refractivity (Wildman–Crippen MR) is 128 cm³/mol. The zero-order chi connectivity index (χ0) is 23.7. The van der Waals surface area contributed by atoms with Crippen molar-refractivity contribution in [2.24, 2.45) is 0 Å². The van der Waals surface area contributed by atoms with E-state index in [4.69, 9.17) is 20.4 Å². The van der Waals surface area contributed by atoms with E-state index in [-0.39, 0.29) is 11.7 Å². The summed E-state index contributed by atoms with van der Waals surface area (Å²) in [5, 5.41) is 0. The highest BCUT2D eigenvalue weighted by molar-refractivity contribution is 7.89. The quantitative estimate of drug-likeness (QED) is 0.444. The average molecular weight is 479 g/mol. The van der Waals surface area contributed by atoms with Crippen LogP contribution in [0.25, 0.3) is 33.5 Å². The molecule has 34 heavy (non-hydrogen) atoms. The lowest BCUT2D eigenvalue weighted by molar-refractivity contribution is 0.122. The van der Waals surface area contributed by atoms with Crippen LogP contribution >= 0.6 is 0 Å². The summed E-state index contributed by atoms with van der Waals surface area (Å²) in [7, 11) is -3.18. The van der Waals surface area contributed by atoms with Crippen LogP contribution in [-0.2, 0) is 20.3 Å². The molecule has 5 rings (SSSR count). The first-order valence-electron chi connectivity index (χ1n) is 10.6. The van der Waals surface area contributed by atoms with Crippen LogP contribution in [0, 0.1) is 0 Å². The fraction of sp³-hybridized carbons (Fsp3) is 0.273. The van der Waals surface area contributed by atoms with Crippen LogP contribution < -0.4 is 10.6 Å². The van der Waals surface area contributed by atoms with E-state index in [1.165, 1.54) is 6.26 Å². The van der Waals surface area contributed by atoms with E-state index in [0.29, 0.717) is 60.1 Å². The smallest absolute Gasteiger partial charge is 0.219 e. The van der Waals surface area contributed by atoms with Crippen molar-refractivity contribution >= 4 is 32.6 Å². The van der Waals surface area contributed by atoms with Gasteiger partial charge in [-0.3, -0.25) is 9.97 Å². The maximum absolute atomic E-state index is 11.7. The normalized spacial score (nSPS) is 14.4. The van der Waals surface area contributed by atoms with E-state index in [1.807, 2.05) is 6.07 Å². The number of hydrogen-bond donors (Lipinski definition) is 1. The second-order valence-corrected chi connectivity index (χ2v) is 10.2. The molecule has 0 amide bonds. The number of sulfone groups is 1. The van der Waals surface area contributed by atoms with Crippen LogP contribution in [0.2, 0.25) is 0 Å². The van der Waals surface area contributed by atoms with Gasteiger partial charge in [0, 0.05) is 61.5 Å². The number of fused-ring (bicyclic) bond motifs is 1. The van der Waals surface area contributed by atoms with Crippen molar-refractivity contribution in [1.82, 2.24) is 29.9 Å². The Kier molecular flexibility index (Phi) is 5.75. The minimum atomic E-state index is -3.18. The topological polar surface area (TPSA) is 150 Å². The SMILES string of the molecule is CS(=O)(=O)Cc1cncc(-c2cnc3c(N4CCOCC4)nc(-c4cnc(N)nc4)nc3c2)c1. The number of pyridine rings is 2. The van der Waals surface area contributed by atoms with Gasteiger partial charge in [0.15, 0.2) is 21.5 Å². The first kappa shape index (κ1) is 22.0. The molecule has 0 spiro atoms. The number of nitrogens with zero attached hydrogens (tertiary/aromatic N) is 7. The van der Waals surface area contributed by atoms with E-state index in [1.54, 1.807) is 37.1 Å². The summed E-state index contributed by atoms with van der Waals surface area (Å²) in [6, 6.07) is 3.70. The summed E-state index contributed by atoms with van der Waals surface area (Å²) in [6.45, 7) is 2.57. The molecule has 11 nitrogen and oxygen atoms in total. The molecule has 1 aliphatic heterocycles. The zero-order valence-corrected chi connectivity index (χ0v) is 19.2. The molecule has 0 bridgehead atoms. The molecule has 2 N–H and O–H groups in total. The minimum Gasteiger partial charge on any atom is -0.378 e. The van der Waals surface area contributed by atoms with Crippen LogP contribution in [0.4, 0.5) is 11.8 Å². The number of morpholine rings is 1. The Labute approximate surface area is 196 Å². The maximum atomic E-state index is 11.7. The first-order chi connectivity index (χ1) is 16.4. The van der Waals surface area contributed by atoms with Crippen LogP contribution in [0.15, 0.2) is 43.1 Å². The molecule has 0 aromatic carbocycles. The fourth-order valence-corrected chi connectivity index (χ4v) is 4.53. The Morgan fingerprint density at radius 1 is 0.941 bits per heavy atom. The number of nitrogen functional groups attached to an aromatic ring is 1. The molecular formula is C22H22N8O3S. The summed E-state index contributed by atoms with van der Waals surface area (Å²) in [4.78, 5) is 28.6. The van der Waals surface area contributed by atoms with Gasteiger partial charge in [0.2, 0.25) is 5.95 Å². The Balaban J connectivity index is 1.63. The average Bonchev–Trinajstić information content (AvgIpc) is 2.83. The van der Waals surface area contributed by atoms with Crippen LogP contribution in [0.5, 0.6) is 0 Å². The first-order valence-corrected chi connectivity index (χ1v) is 12.6. The monoisotopic (exact) mass is 478 g/mol. The van der Waals surface area contributed by atoms with Gasteiger partial charge in [-0.25, -0.2) is 28.4 Å². The van der Waals surface area contributed by atoms with Crippen molar-refractivity contribution in [2.75, 3.05) is 43.2 Å². The molecule has 12 heteroatoms. The Hall–Kier alpha value is -3.77. The van der Waals surface area contributed by atoms with Crippen molar-refractivity contribution in [3.63, 3.8) is 0 Å². The van der Waals surface area contributed by atoms with Crippen LogP contribution in [0.1, 0.15) is 5.56 Å². The Morgan fingerprint density at radius 2 is 1.65 bits per heavy atom. The summed E-state index contributed by atoms with van der Waals surface area (Å²) in [6.07, 6.45) is 9.32. The van der Waals surface area contributed by atoms with E-state index in [9.17, 15) is 8.42 Å². The second kappa shape index (κ2) is 8.88. The van der Waals surface area contributed by atoms with Gasteiger partial charge in [-0.1, -0.05) is 0 Å². The third-order valence-electron chi connectivity index (χ3n) is 5.32. The number of anilines is 2. The molecule has 0 radical (unpaired) electrons. The molecule has 4 aromatic rings. The molecule has 0 aliphatic carbocycles. The molecule has 0 atom stereocenters. The summed E-state index contributed by atoms with van der Waals surface area (Å²) < 4.78 is 28.9. The molecule has 5 heterocycles. The van der Waals surface area contributed by atoms with Gasteiger partial charge >= 0.3 is 0 Å². The van der Waals surface area contributed by atoms with E-state index in [2.05, 4.69) is 24.8 Å². The van der Waals surface area contributed by atoms with Crippen molar-refractivity contribution in [2.45, 2.75) is 5.75 Å². The van der Waals surface area contributed by atoms with Crippen LogP contribution in [-0.4, -0.2) is 70.9 Å². The molecule has 174 valence electrons. The summed E-state index contributed by atoms with van der Waals surface area (Å²) >= 11 is 0. The van der Waals surface area contributed by atoms with E-state index >= 15 is 0 Å². The highest BCUT2D eigenvalue weighted by atomic mass is 32.2. The molecule has 1 aliphatic rings. The molecule has 0 unspecified atom stereocenters. The third-order valence-corrected chi connectivity index (χ3v) is 6.17. The molecule has 4 aromatic heterocycles. The third kappa shape index (κ3) is 4.77. The summed E-state index contributed by atoms with van der Waals surface area (Å²) in [5.41, 5.74) is 9.68. The molecule has 0 saturated carbocycles. The van der Waals surface area contributed by atoms with Crippen LogP contribution in [0.3, 0.4) is 0 Å². The van der Waals surface area contributed by atoms with Crippen molar-refractivity contribution < 1.29 is 13.2 Å². The zero-order valence-electron chi connectivity index (χ0n) is 18.4. The van der Waals surface area contributed by atoms with Crippen molar-refractivity contribution in [3.8, 4) is 22.5 Å². The molecule has 1 saturated heterocycles. The lowest BCUT2D eigenvalue weighted by atomic mass is 10.1. The number of hydrogen-bond acceptors (Lipinski definition) is 11. The van der Waals surface area contributed by atoms with Crippen molar-refractivity contribution in [1.29, 1.82) is 0 Å². The van der Waals surface area contributed by atoms with Crippen molar-refractivity contribution in [3.05, 3.63) is 48.7 Å². The Morgan fingerprint density at radius 3 is 2.38 bits per heavy atom. The number of nitrogens with two attached hydrogens (primary N) is 1. The highest BCUT2D eigenvalue weighted by Crippen LogP contribution is 2.30. The lowest BCUT2D eigenvalue weighted by Crippen LogP contribution is -2.37. The molecule has 1 fully saturated rings. The van der Waals surface area contributed by atoms with E-state index < -0.39 is 9.84 Å². The van der Waals surface area contributed by atoms with Gasteiger partial charge in [0.1, 0.15) is 5.52 Å². The fourth-order valence-electron chi connectivity index (χ4n) is 3.77. The van der Waals surface area contributed by atoms with Gasteiger partial charge in [0.05, 0.1) is 30.0 Å². The lowest BCUT2D eigenvalue weighted by Gasteiger charge is -2.28. The number of aromatic nitrogens is 6. The van der Waals surface area contributed by atoms with E-state index in [0.717, 1.165) is 11.1 Å². The van der Waals surface area contributed by atoms with Gasteiger partial charge in [-0.2, -0.15) is 0 Å². The largest absolute Gasteiger partial charge is 0.378 e. The second-order valence-electron chi connectivity index (χ2n) is 8.04. The highest BCUT2D eigenvalue weighted by Gasteiger charge is 2.20.